The van der Waals surface area contributed by atoms with Crippen LogP contribution in [-0.2, 0) is 17.8 Å². The van der Waals surface area contributed by atoms with Gasteiger partial charge in [-0.25, -0.2) is 4.39 Å². The van der Waals surface area contributed by atoms with Crippen LogP contribution in [0.4, 0.5) is 4.39 Å². The number of ether oxygens (including phenoxy) is 2. The Bertz CT molecular complexity index is 1340. The number of methoxy groups -OCH3 is 1. The Kier molecular flexibility index (Phi) is 7.21. The molecule has 2 aliphatic carbocycles. The number of hydrogen-bond donors (Lipinski definition) is 1. The molecule has 0 radical (unpaired) electrons. The number of rotatable bonds is 8. The number of carboxylic acids is 1. The summed E-state index contributed by atoms with van der Waals surface area (Å²) in [6, 6.07) is 17.2. The number of hydrogen-bond acceptors (Lipinski definition) is 3. The molecule has 38 heavy (non-hydrogen) atoms. The zero-order valence-electron chi connectivity index (χ0n) is 22.7. The van der Waals surface area contributed by atoms with E-state index in [1.54, 1.807) is 26.2 Å². The summed E-state index contributed by atoms with van der Waals surface area (Å²) in [6.45, 7) is 6.78. The van der Waals surface area contributed by atoms with E-state index >= 15 is 4.39 Å². The quantitative estimate of drug-likeness (QED) is 0.328. The number of carbonyl (C=O) groups is 1. The van der Waals surface area contributed by atoms with E-state index in [-0.39, 0.29) is 17.2 Å². The van der Waals surface area contributed by atoms with Gasteiger partial charge in [-0.3, -0.25) is 4.79 Å². The Morgan fingerprint density at radius 3 is 2.53 bits per heavy atom. The van der Waals surface area contributed by atoms with Crippen molar-refractivity contribution >= 4 is 5.97 Å². The second-order valence-corrected chi connectivity index (χ2v) is 11.6. The van der Waals surface area contributed by atoms with E-state index in [4.69, 9.17) is 9.47 Å². The monoisotopic (exact) mass is 516 g/mol. The molecule has 3 aromatic carbocycles. The van der Waals surface area contributed by atoms with Gasteiger partial charge in [0.1, 0.15) is 23.9 Å². The molecule has 0 aliphatic heterocycles. The largest absolute Gasteiger partial charge is 0.497 e. The Morgan fingerprint density at radius 2 is 1.82 bits per heavy atom. The number of carboxylic acid groups (broad SMARTS) is 1. The second kappa shape index (κ2) is 10.4. The maximum atomic E-state index is 15.1. The number of halogens is 1. The summed E-state index contributed by atoms with van der Waals surface area (Å²) >= 11 is 0. The Balaban J connectivity index is 1.45. The fourth-order valence-corrected chi connectivity index (χ4v) is 6.54. The van der Waals surface area contributed by atoms with Crippen LogP contribution in [-0.4, -0.2) is 18.2 Å². The number of benzene rings is 3. The first-order valence-electron chi connectivity index (χ1n) is 13.6. The third-order valence-corrected chi connectivity index (χ3v) is 8.85. The van der Waals surface area contributed by atoms with E-state index in [0.717, 1.165) is 60.1 Å². The van der Waals surface area contributed by atoms with E-state index < -0.39 is 11.9 Å². The predicted octanol–water partition coefficient (Wildman–Crippen LogP) is 8.12. The van der Waals surface area contributed by atoms with Crippen molar-refractivity contribution in [3.63, 3.8) is 0 Å². The number of aliphatic carboxylic acids is 1. The summed E-state index contributed by atoms with van der Waals surface area (Å²) in [6.07, 6.45) is 5.13. The van der Waals surface area contributed by atoms with Gasteiger partial charge in [0, 0.05) is 5.56 Å². The molecule has 3 aromatic rings. The molecule has 0 amide bonds. The standard InChI is InChI=1S/C33H37FO4/c1-20(32(35)36)25-13-9-22-8-10-24(18-27(22)25)38-19-21-7-12-26(29-17-23(37-4)11-14-31(29)34)28(16-21)30-6-5-15-33(30,2)3/h7-8,10-12,14,16-18,20,25,30H,5-6,9,13,15,19H2,1-4H3,(H,35,36)/t20-,25-,30-/m0/s1. The van der Waals surface area contributed by atoms with Crippen molar-refractivity contribution in [2.75, 3.05) is 7.11 Å². The first kappa shape index (κ1) is 26.3. The zero-order valence-corrected chi connectivity index (χ0v) is 22.7. The highest BCUT2D eigenvalue weighted by molar-refractivity contribution is 5.72. The fourth-order valence-electron chi connectivity index (χ4n) is 6.54. The van der Waals surface area contributed by atoms with Crippen LogP contribution in [0.3, 0.4) is 0 Å². The van der Waals surface area contributed by atoms with Gasteiger partial charge in [-0.15, -0.1) is 0 Å². The number of aryl methyl sites for hydroxylation is 1. The van der Waals surface area contributed by atoms with E-state index in [2.05, 4.69) is 26.0 Å². The third-order valence-electron chi connectivity index (χ3n) is 8.85. The summed E-state index contributed by atoms with van der Waals surface area (Å²) in [5.41, 5.74) is 6.09. The Hall–Kier alpha value is -3.34. The van der Waals surface area contributed by atoms with Crippen LogP contribution < -0.4 is 9.47 Å². The van der Waals surface area contributed by atoms with E-state index in [9.17, 15) is 9.90 Å². The lowest BCUT2D eigenvalue weighted by Gasteiger charge is -2.30. The summed E-state index contributed by atoms with van der Waals surface area (Å²) in [4.78, 5) is 11.6. The topological polar surface area (TPSA) is 55.8 Å². The predicted molar refractivity (Wildman–Crippen MR) is 147 cm³/mol. The lowest BCUT2D eigenvalue weighted by atomic mass is 9.75. The van der Waals surface area contributed by atoms with Gasteiger partial charge >= 0.3 is 5.97 Å². The molecule has 5 heteroatoms. The maximum Gasteiger partial charge on any atom is 0.306 e. The van der Waals surface area contributed by atoms with Gasteiger partial charge in [-0.2, -0.15) is 0 Å². The van der Waals surface area contributed by atoms with Crippen molar-refractivity contribution in [1.82, 2.24) is 0 Å². The molecule has 1 saturated carbocycles. The molecule has 1 N–H and O–H groups in total. The van der Waals surface area contributed by atoms with Crippen molar-refractivity contribution in [1.29, 1.82) is 0 Å². The average Bonchev–Trinajstić information content (AvgIpc) is 3.49. The molecule has 0 aromatic heterocycles. The second-order valence-electron chi connectivity index (χ2n) is 11.6. The van der Waals surface area contributed by atoms with Gasteiger partial charge in [0.2, 0.25) is 0 Å². The van der Waals surface area contributed by atoms with Crippen LogP contribution in [0.15, 0.2) is 54.6 Å². The zero-order chi connectivity index (χ0) is 27.0. The molecule has 200 valence electrons. The SMILES string of the molecule is COc1ccc(F)c(-c2ccc(COc3ccc4c(c3)[C@H]([C@H](C)C(=O)O)CC4)cc2[C@@H]2CCCC2(C)C)c1. The summed E-state index contributed by atoms with van der Waals surface area (Å²) < 4.78 is 26.7. The first-order chi connectivity index (χ1) is 18.2. The third kappa shape index (κ3) is 5.03. The van der Waals surface area contributed by atoms with Crippen LogP contribution in [0.1, 0.15) is 80.5 Å². The van der Waals surface area contributed by atoms with Crippen LogP contribution >= 0.6 is 0 Å². The normalized spacial score (nSPS) is 20.7. The summed E-state index contributed by atoms with van der Waals surface area (Å²) in [5, 5.41) is 9.53. The molecule has 1 fully saturated rings. The maximum absolute atomic E-state index is 15.1. The van der Waals surface area contributed by atoms with Crippen molar-refractivity contribution < 1.29 is 23.8 Å². The minimum absolute atomic E-state index is 0.0132. The highest BCUT2D eigenvalue weighted by Crippen LogP contribution is 2.51. The van der Waals surface area contributed by atoms with Crippen molar-refractivity contribution in [2.45, 2.75) is 71.3 Å². The first-order valence-corrected chi connectivity index (χ1v) is 13.6. The van der Waals surface area contributed by atoms with Crippen molar-refractivity contribution in [3.05, 3.63) is 82.7 Å². The minimum atomic E-state index is -0.760. The Morgan fingerprint density at radius 1 is 1.03 bits per heavy atom. The van der Waals surface area contributed by atoms with Gasteiger partial charge in [-0.05, 0) is 101 Å². The molecule has 0 unspecified atom stereocenters. The van der Waals surface area contributed by atoms with E-state index in [0.29, 0.717) is 23.8 Å². The molecular weight excluding hydrogens is 479 g/mol. The minimum Gasteiger partial charge on any atom is -0.497 e. The molecular formula is C33H37FO4. The summed E-state index contributed by atoms with van der Waals surface area (Å²) in [7, 11) is 1.60. The van der Waals surface area contributed by atoms with Crippen LogP contribution in [0, 0.1) is 17.2 Å². The smallest absolute Gasteiger partial charge is 0.306 e. The van der Waals surface area contributed by atoms with Crippen LogP contribution in [0.25, 0.3) is 11.1 Å². The van der Waals surface area contributed by atoms with Gasteiger partial charge in [0.05, 0.1) is 13.0 Å². The molecule has 4 nitrogen and oxygen atoms in total. The molecule has 2 aliphatic rings. The molecule has 0 saturated heterocycles. The van der Waals surface area contributed by atoms with Crippen molar-refractivity contribution in [2.24, 2.45) is 11.3 Å². The van der Waals surface area contributed by atoms with Gasteiger partial charge in [-0.1, -0.05) is 51.5 Å². The molecule has 0 spiro atoms. The highest BCUT2D eigenvalue weighted by atomic mass is 19.1. The number of fused-ring (bicyclic) bond motifs is 1. The molecule has 0 heterocycles. The van der Waals surface area contributed by atoms with Crippen LogP contribution in [0.5, 0.6) is 11.5 Å². The van der Waals surface area contributed by atoms with Gasteiger partial charge in [0.25, 0.3) is 0 Å². The fraction of sp³-hybridized carbons (Fsp3) is 0.424. The Labute approximate surface area is 224 Å². The lowest BCUT2D eigenvalue weighted by Crippen LogP contribution is -2.17. The summed E-state index contributed by atoms with van der Waals surface area (Å²) in [5.74, 6) is 0.282. The van der Waals surface area contributed by atoms with Gasteiger partial charge < -0.3 is 14.6 Å². The van der Waals surface area contributed by atoms with Crippen molar-refractivity contribution in [3.8, 4) is 22.6 Å². The van der Waals surface area contributed by atoms with Gasteiger partial charge in [0.15, 0.2) is 0 Å². The van der Waals surface area contributed by atoms with E-state index in [1.807, 2.05) is 24.3 Å². The highest BCUT2D eigenvalue weighted by Gasteiger charge is 2.37. The van der Waals surface area contributed by atoms with Crippen LogP contribution in [0.2, 0.25) is 0 Å². The molecule has 5 rings (SSSR count). The lowest BCUT2D eigenvalue weighted by molar-refractivity contribution is -0.141. The van der Waals surface area contributed by atoms with E-state index in [1.165, 1.54) is 11.6 Å². The average molecular weight is 517 g/mol. The molecule has 0 bridgehead atoms. The molecule has 3 atom stereocenters.